The largest absolute Gasteiger partial charge is 2.00 e. The van der Waals surface area contributed by atoms with Crippen molar-refractivity contribution in [2.75, 3.05) is 35.2 Å². The maximum atomic E-state index is 4.47. The minimum atomic E-state index is 0. The molecule has 0 amide bonds. The molecule has 3 nitrogen and oxygen atoms in total. The van der Waals surface area contributed by atoms with E-state index in [1.165, 1.54) is 0 Å². The van der Waals surface area contributed by atoms with Gasteiger partial charge in [0.1, 0.15) is 6.79 Å². The van der Waals surface area contributed by atoms with Gasteiger partial charge in [-0.3, -0.25) is 0 Å². The van der Waals surface area contributed by atoms with Crippen molar-refractivity contribution in [2.45, 2.75) is 27.7 Å². The third-order valence-electron chi connectivity index (χ3n) is 1.45. The second-order valence-corrected chi connectivity index (χ2v) is 3.26. The molecular formula is C21H36O3W. The van der Waals surface area contributed by atoms with Crippen LogP contribution in [0.1, 0.15) is 27.7 Å². The molecule has 0 atom stereocenters. The topological polar surface area (TPSA) is 27.7 Å². The summed E-state index contributed by atoms with van der Waals surface area (Å²) in [6, 6.07) is 25.0. The molecule has 0 unspecified atom stereocenters. The van der Waals surface area contributed by atoms with E-state index in [-0.39, 0.29) is 21.1 Å². The van der Waals surface area contributed by atoms with Crippen LogP contribution < -0.4 is 0 Å². The predicted octanol–water partition coefficient (Wildman–Crippen LogP) is 5.52. The van der Waals surface area contributed by atoms with Gasteiger partial charge in [-0.1, -0.05) is 27.7 Å². The van der Waals surface area contributed by atoms with Gasteiger partial charge in [-0.15, -0.1) is 0 Å². The first-order valence-electron chi connectivity index (χ1n) is 8.03. The maximum Gasteiger partial charge on any atom is 2.00 e. The van der Waals surface area contributed by atoms with Gasteiger partial charge in [-0.05, 0) is 0 Å². The van der Waals surface area contributed by atoms with E-state index in [4.69, 9.17) is 0 Å². The molecule has 0 heterocycles. The van der Waals surface area contributed by atoms with Crippen LogP contribution in [0.3, 0.4) is 0 Å². The summed E-state index contributed by atoms with van der Waals surface area (Å²) >= 11 is 0. The van der Waals surface area contributed by atoms with Gasteiger partial charge in [0.15, 0.2) is 0 Å². The molecule has 0 aromatic heterocycles. The molecule has 25 heavy (non-hydrogen) atoms. The fraction of sp³-hybridized carbons (Fsp3) is 0.429. The van der Waals surface area contributed by atoms with Crippen LogP contribution >= 0.6 is 0 Å². The Morgan fingerprint density at radius 1 is 0.560 bits per heavy atom. The smallest absolute Gasteiger partial charge is 0.388 e. The van der Waals surface area contributed by atoms with E-state index < -0.39 is 0 Å². The average molecular weight is 520 g/mol. The predicted molar refractivity (Wildman–Crippen MR) is 105 cm³/mol. The first-order chi connectivity index (χ1) is 11.8. The molecule has 0 aliphatic rings. The third kappa shape index (κ3) is 60.0. The molecule has 144 valence electrons. The van der Waals surface area contributed by atoms with Crippen LogP contribution in [0.15, 0.2) is 60.7 Å². The number of hydrogen-bond donors (Lipinski definition) is 0. The van der Waals surface area contributed by atoms with Gasteiger partial charge in [0.05, 0.1) is 0 Å². The summed E-state index contributed by atoms with van der Waals surface area (Å²) < 4.78 is 13.2. The first-order valence-corrected chi connectivity index (χ1v) is 8.03. The minimum absolute atomic E-state index is 0. The summed E-state index contributed by atoms with van der Waals surface area (Å²) in [7, 11) is 6.42. The summed E-state index contributed by atoms with van der Waals surface area (Å²) in [6.07, 6.45) is 0. The Bertz CT molecular complexity index is 245. The summed E-state index contributed by atoms with van der Waals surface area (Å²) in [5, 5.41) is 0. The van der Waals surface area contributed by atoms with E-state index in [9.17, 15) is 0 Å². The van der Waals surface area contributed by atoms with Gasteiger partial charge in [0, 0.05) is 28.4 Å². The Hall–Kier alpha value is -0.992. The van der Waals surface area contributed by atoms with E-state index in [0.29, 0.717) is 6.79 Å². The zero-order valence-electron chi connectivity index (χ0n) is 17.1. The number of benzene rings is 2. The van der Waals surface area contributed by atoms with Crippen LogP contribution in [-0.2, 0) is 35.3 Å². The van der Waals surface area contributed by atoms with Crippen LogP contribution in [0.2, 0.25) is 0 Å². The molecule has 0 saturated carbocycles. The maximum absolute atomic E-state index is 4.47. The molecule has 0 N–H and O–H groups in total. The minimum Gasteiger partial charge on any atom is -0.388 e. The van der Waals surface area contributed by atoms with Crippen molar-refractivity contribution in [3.63, 3.8) is 0 Å². The van der Waals surface area contributed by atoms with Gasteiger partial charge in [0.25, 0.3) is 0 Å². The van der Waals surface area contributed by atoms with Crippen LogP contribution in [0.4, 0.5) is 0 Å². The van der Waals surface area contributed by atoms with E-state index in [1.54, 1.807) is 28.4 Å². The molecular weight excluding hydrogens is 484 g/mol. The first kappa shape index (κ1) is 35.2. The fourth-order valence-corrected chi connectivity index (χ4v) is 0.802. The molecule has 2 aromatic carbocycles. The van der Waals surface area contributed by atoms with Crippen LogP contribution in [0.5, 0.6) is 0 Å². The molecule has 0 aliphatic heterocycles. The molecule has 0 aliphatic carbocycles. The Morgan fingerprint density at radius 2 is 0.800 bits per heavy atom. The van der Waals surface area contributed by atoms with Gasteiger partial charge < -0.3 is 14.2 Å². The van der Waals surface area contributed by atoms with Crippen LogP contribution in [-0.4, -0.2) is 35.2 Å². The number of ether oxygens (including phenoxy) is 3. The van der Waals surface area contributed by atoms with Crippen molar-refractivity contribution in [3.8, 4) is 0 Å². The Kier molecular flexibility index (Phi) is 69.6. The van der Waals surface area contributed by atoms with Crippen molar-refractivity contribution in [1.82, 2.24) is 0 Å². The Labute approximate surface area is 171 Å². The summed E-state index contributed by atoms with van der Waals surface area (Å²) in [4.78, 5) is 0. The second kappa shape index (κ2) is 49.5. The number of rotatable bonds is 2. The van der Waals surface area contributed by atoms with Crippen molar-refractivity contribution in [3.05, 3.63) is 72.8 Å². The Balaban J connectivity index is -0.0000000673. The van der Waals surface area contributed by atoms with Gasteiger partial charge >= 0.3 is 21.1 Å². The number of methoxy groups -OCH3 is 3. The Morgan fingerprint density at radius 3 is 0.840 bits per heavy atom. The van der Waals surface area contributed by atoms with Crippen molar-refractivity contribution < 1.29 is 35.3 Å². The van der Waals surface area contributed by atoms with Crippen molar-refractivity contribution >= 4 is 0 Å². The molecule has 2 rings (SSSR count). The van der Waals surface area contributed by atoms with Gasteiger partial charge in [-0.2, -0.15) is 72.8 Å². The SMILES string of the molecule is CC.CC.COC.COCOC.[W+2].[c-]1ccccc1.[c-]1ccccc1. The van der Waals surface area contributed by atoms with Gasteiger partial charge in [-0.25, -0.2) is 0 Å². The van der Waals surface area contributed by atoms with E-state index in [0.717, 1.165) is 0 Å². The summed E-state index contributed by atoms with van der Waals surface area (Å²) in [5.41, 5.74) is 0. The molecule has 0 spiro atoms. The third-order valence-corrected chi connectivity index (χ3v) is 1.45. The van der Waals surface area contributed by atoms with E-state index in [2.05, 4.69) is 26.3 Å². The van der Waals surface area contributed by atoms with Crippen molar-refractivity contribution in [1.29, 1.82) is 0 Å². The van der Waals surface area contributed by atoms with Crippen molar-refractivity contribution in [2.24, 2.45) is 0 Å². The summed E-state index contributed by atoms with van der Waals surface area (Å²) in [6.45, 7) is 8.39. The quantitative estimate of drug-likeness (QED) is 0.386. The van der Waals surface area contributed by atoms with E-state index in [1.807, 2.05) is 88.4 Å². The molecule has 4 heteroatoms. The zero-order valence-corrected chi connectivity index (χ0v) is 20.0. The second-order valence-electron chi connectivity index (χ2n) is 3.26. The van der Waals surface area contributed by atoms with E-state index >= 15 is 0 Å². The number of hydrogen-bond acceptors (Lipinski definition) is 3. The standard InChI is InChI=1S/2C6H5.C3H8O2.C2H6O.2C2H6.W/c2*1-2-4-6-5-3-1;1-4-3-5-2;1-3-2;2*1-2;/h2*1-5H;3H2,1-2H3;1-2H3;2*1-2H3;/q2*-1;;;;;+2. The molecule has 0 saturated heterocycles. The molecule has 0 radical (unpaired) electrons. The fourth-order valence-electron chi connectivity index (χ4n) is 0.802. The molecule has 0 bridgehead atoms. The molecule has 2 aromatic rings. The van der Waals surface area contributed by atoms with Crippen LogP contribution in [0.25, 0.3) is 0 Å². The average Bonchev–Trinajstić information content (AvgIpc) is 2.70. The monoisotopic (exact) mass is 520 g/mol. The normalized spacial score (nSPS) is 6.72. The molecule has 0 fully saturated rings. The zero-order chi connectivity index (χ0) is 19.3. The summed E-state index contributed by atoms with van der Waals surface area (Å²) in [5.74, 6) is 0. The van der Waals surface area contributed by atoms with Gasteiger partial charge in [0.2, 0.25) is 0 Å². The van der Waals surface area contributed by atoms with Crippen LogP contribution in [0, 0.1) is 12.1 Å².